The van der Waals surface area contributed by atoms with Crippen LogP contribution in [0.3, 0.4) is 0 Å². The molecular formula is C44H40BClN12O2. The monoisotopic (exact) mass is 814 g/mol. The van der Waals surface area contributed by atoms with E-state index in [0.29, 0.717) is 5.15 Å². The molecule has 11 rings (SSSR count). The van der Waals surface area contributed by atoms with Gasteiger partial charge in [0, 0.05) is 54.4 Å². The molecule has 0 unspecified atom stereocenters. The predicted molar refractivity (Wildman–Crippen MR) is 228 cm³/mol. The quantitative estimate of drug-likeness (QED) is 0.136. The molecule has 0 N–H and O–H groups in total. The van der Waals surface area contributed by atoms with Crippen molar-refractivity contribution in [2.24, 2.45) is 0 Å². The molecule has 9 heterocycles. The highest BCUT2D eigenvalue weighted by atomic mass is 35.5. The highest BCUT2D eigenvalue weighted by molar-refractivity contribution is 6.62. The molecule has 14 nitrogen and oxygen atoms in total. The van der Waals surface area contributed by atoms with Gasteiger partial charge in [0.25, 0.3) is 0 Å². The third-order valence-corrected chi connectivity index (χ3v) is 11.3. The highest BCUT2D eigenvalue weighted by Crippen LogP contribution is 2.37. The zero-order chi connectivity index (χ0) is 41.3. The summed E-state index contributed by atoms with van der Waals surface area (Å²) in [6.07, 6.45) is 25.3. The summed E-state index contributed by atoms with van der Waals surface area (Å²) in [5, 5.41) is 9.29. The zero-order valence-electron chi connectivity index (χ0n) is 33.5. The maximum absolute atomic E-state index is 6.01. The van der Waals surface area contributed by atoms with Crippen molar-refractivity contribution in [1.29, 1.82) is 0 Å². The van der Waals surface area contributed by atoms with Gasteiger partial charge in [-0.05, 0) is 112 Å². The lowest BCUT2D eigenvalue weighted by Gasteiger charge is -2.32. The smallest absolute Gasteiger partial charge is 0.399 e. The van der Waals surface area contributed by atoms with E-state index in [1.165, 1.54) is 11.1 Å². The fourth-order valence-corrected chi connectivity index (χ4v) is 7.28. The van der Waals surface area contributed by atoms with Crippen LogP contribution in [0, 0.1) is 0 Å². The molecule has 0 aromatic carbocycles. The Morgan fingerprint density at radius 1 is 0.567 bits per heavy atom. The normalized spacial score (nSPS) is 15.2. The Bertz CT molecular complexity index is 2760. The van der Waals surface area contributed by atoms with E-state index in [2.05, 4.69) is 57.2 Å². The molecule has 60 heavy (non-hydrogen) atoms. The lowest BCUT2D eigenvalue weighted by Crippen LogP contribution is -2.41. The number of rotatable bonds is 4. The van der Waals surface area contributed by atoms with Crippen LogP contribution in [-0.4, -0.2) is 77.8 Å². The van der Waals surface area contributed by atoms with Crippen LogP contribution in [0.5, 0.6) is 0 Å². The first-order chi connectivity index (χ1) is 29.1. The van der Waals surface area contributed by atoms with E-state index < -0.39 is 0 Å². The maximum Gasteiger partial charge on any atom is 0.498 e. The van der Waals surface area contributed by atoms with Crippen LogP contribution in [0.15, 0.2) is 123 Å². The summed E-state index contributed by atoms with van der Waals surface area (Å²) in [4.78, 5) is 34.3. The Morgan fingerprint density at radius 3 is 1.72 bits per heavy atom. The van der Waals surface area contributed by atoms with Gasteiger partial charge < -0.3 is 9.31 Å². The first kappa shape index (κ1) is 38.9. The van der Waals surface area contributed by atoms with Crippen LogP contribution in [0.2, 0.25) is 5.15 Å². The average molecular weight is 815 g/mol. The molecule has 0 bridgehead atoms. The Morgan fingerprint density at radius 2 is 1.12 bits per heavy atom. The van der Waals surface area contributed by atoms with E-state index in [0.717, 1.165) is 87.7 Å². The second kappa shape index (κ2) is 16.2. The first-order valence-corrected chi connectivity index (χ1v) is 20.0. The molecule has 2 aliphatic carbocycles. The summed E-state index contributed by atoms with van der Waals surface area (Å²) in [5.74, 6) is 0. The van der Waals surface area contributed by atoms with Crippen molar-refractivity contribution in [2.45, 2.75) is 64.6 Å². The SMILES string of the molecule is CC1(C)OB(c2cnn(-c3cccnc3)c2)OC1(C)C.Clc1ccc2c(n1)-c1ncncc1CC2.c1cncc(-n2cc(-c3ccc4c(n3)-c3ncncc3CC4)cn2)c1. The fourth-order valence-electron chi connectivity index (χ4n) is 7.13. The van der Waals surface area contributed by atoms with E-state index >= 15 is 0 Å². The van der Waals surface area contributed by atoms with Gasteiger partial charge in [0.2, 0.25) is 0 Å². The van der Waals surface area contributed by atoms with Gasteiger partial charge in [-0.2, -0.15) is 10.2 Å². The number of hydrogen-bond acceptors (Lipinski definition) is 12. The summed E-state index contributed by atoms with van der Waals surface area (Å²) in [5.41, 5.74) is 12.4. The third kappa shape index (κ3) is 7.94. The van der Waals surface area contributed by atoms with E-state index in [1.54, 1.807) is 53.0 Å². The minimum absolute atomic E-state index is 0.339. The number of pyridine rings is 4. The standard InChI is InChI=1S/C19H14N6.C14H18BN3O2.C11H8ClN3/c1-2-16(10-20-7-1)25-11-15(9-23-25)17-6-5-13-3-4-14-8-21-12-22-18(14)19(13)24-17;1-13(2)14(3,4)20-15(19-13)11-8-17-18(10-11)12-6-5-7-16-9-12;12-9-4-3-7-1-2-8-5-13-6-14-10(8)11(7)15-9/h1-2,5-12H,3-4H2;5-10H,1-4H3;3-6H,1-2H2. The summed E-state index contributed by atoms with van der Waals surface area (Å²) < 4.78 is 15.6. The van der Waals surface area contributed by atoms with Crippen LogP contribution in [0.1, 0.15) is 49.9 Å². The minimum atomic E-state index is -0.384. The van der Waals surface area contributed by atoms with Crippen molar-refractivity contribution >= 4 is 24.2 Å². The van der Waals surface area contributed by atoms with Gasteiger partial charge in [0.15, 0.2) is 0 Å². The van der Waals surface area contributed by atoms with E-state index in [9.17, 15) is 0 Å². The van der Waals surface area contributed by atoms with Gasteiger partial charge in [0.1, 0.15) is 17.8 Å². The van der Waals surface area contributed by atoms with Crippen LogP contribution >= 0.6 is 11.6 Å². The van der Waals surface area contributed by atoms with Crippen molar-refractivity contribution in [3.8, 4) is 45.4 Å². The van der Waals surface area contributed by atoms with Gasteiger partial charge >= 0.3 is 7.12 Å². The summed E-state index contributed by atoms with van der Waals surface area (Å²) in [7, 11) is -0.384. The molecule has 0 saturated carbocycles. The number of hydrogen-bond donors (Lipinski definition) is 0. The molecule has 0 radical (unpaired) electrons. The molecule has 1 fully saturated rings. The summed E-state index contributed by atoms with van der Waals surface area (Å²) in [6, 6.07) is 15.7. The number of nitrogens with zero attached hydrogens (tertiary/aromatic N) is 12. The van der Waals surface area contributed by atoms with Crippen LogP contribution in [-0.2, 0) is 35.0 Å². The van der Waals surface area contributed by atoms with Crippen molar-refractivity contribution in [2.75, 3.05) is 0 Å². The van der Waals surface area contributed by atoms with Gasteiger partial charge in [-0.1, -0.05) is 23.7 Å². The molecular weight excluding hydrogens is 775 g/mol. The van der Waals surface area contributed by atoms with Gasteiger partial charge in [-0.3, -0.25) is 9.97 Å². The minimum Gasteiger partial charge on any atom is -0.399 e. The van der Waals surface area contributed by atoms with E-state index in [4.69, 9.17) is 25.9 Å². The van der Waals surface area contributed by atoms with Crippen molar-refractivity contribution in [1.82, 2.24) is 59.4 Å². The lowest BCUT2D eigenvalue weighted by atomic mass is 9.82. The topological polar surface area (TPSA) is 157 Å². The molecule has 3 aliphatic rings. The average Bonchev–Trinajstić information content (AvgIpc) is 4.03. The second-order valence-corrected chi connectivity index (χ2v) is 15.9. The van der Waals surface area contributed by atoms with Crippen LogP contribution < -0.4 is 5.46 Å². The molecule has 1 saturated heterocycles. The molecule has 8 aromatic heterocycles. The summed E-state index contributed by atoms with van der Waals surface area (Å²) >= 11 is 5.89. The Labute approximate surface area is 352 Å². The highest BCUT2D eigenvalue weighted by Gasteiger charge is 2.52. The third-order valence-electron chi connectivity index (χ3n) is 11.1. The molecule has 8 aromatic rings. The number of halogens is 1. The fraction of sp³-hybridized carbons (Fsp3) is 0.227. The number of aromatic nitrogens is 12. The van der Waals surface area contributed by atoms with Gasteiger partial charge in [-0.15, -0.1) is 0 Å². The zero-order valence-corrected chi connectivity index (χ0v) is 34.3. The van der Waals surface area contributed by atoms with Gasteiger partial charge in [-0.25, -0.2) is 39.3 Å². The maximum atomic E-state index is 6.01. The van der Waals surface area contributed by atoms with Crippen molar-refractivity contribution in [3.63, 3.8) is 0 Å². The largest absolute Gasteiger partial charge is 0.498 e. The molecule has 1 aliphatic heterocycles. The van der Waals surface area contributed by atoms with Crippen LogP contribution in [0.4, 0.5) is 0 Å². The predicted octanol–water partition coefficient (Wildman–Crippen LogP) is 6.74. The first-order valence-electron chi connectivity index (χ1n) is 19.6. The Balaban J connectivity index is 0.000000119. The van der Waals surface area contributed by atoms with Crippen molar-refractivity contribution < 1.29 is 9.31 Å². The van der Waals surface area contributed by atoms with E-state index in [-0.39, 0.29) is 18.3 Å². The molecule has 0 atom stereocenters. The Hall–Kier alpha value is -6.55. The Kier molecular flexibility index (Phi) is 10.5. The molecule has 298 valence electrons. The van der Waals surface area contributed by atoms with Crippen LogP contribution in [0.25, 0.3) is 45.4 Å². The van der Waals surface area contributed by atoms with E-state index in [1.807, 2.05) is 95.1 Å². The lowest BCUT2D eigenvalue weighted by molar-refractivity contribution is 0.00578. The molecule has 0 amide bonds. The number of aryl methyl sites for hydroxylation is 4. The second-order valence-electron chi connectivity index (χ2n) is 15.5. The van der Waals surface area contributed by atoms with Gasteiger partial charge in [0.05, 0.1) is 69.6 Å². The molecule has 16 heteroatoms. The summed E-state index contributed by atoms with van der Waals surface area (Å²) in [6.45, 7) is 8.16. The molecule has 0 spiro atoms. The van der Waals surface area contributed by atoms with Crippen molar-refractivity contribution in [3.05, 3.63) is 151 Å². The number of fused-ring (bicyclic) bond motifs is 6.